The quantitative estimate of drug-likeness (QED) is 0.571. The maximum absolute atomic E-state index is 6.11. The maximum Gasteiger partial charge on any atom is 0.127 e. The van der Waals surface area contributed by atoms with Crippen molar-refractivity contribution in [2.45, 2.75) is 64.1 Å². The van der Waals surface area contributed by atoms with Crippen LogP contribution in [0.3, 0.4) is 0 Å². The van der Waals surface area contributed by atoms with Crippen LogP contribution in [0, 0.1) is 0 Å². The standard InChI is InChI=1S/C25H31N5O/c1-24(2)12-18(13-25(3,4)30-24)28-23-8-7-19-20-6-5-16(17-14-26-27-15-17)11-22(20)31-10-9-21(19)29-23/h5-8,11,14-15,18,30H,9-10,12-13H2,1-4H3,(H,26,27)(H,28,29). The van der Waals surface area contributed by atoms with E-state index in [0.717, 1.165) is 58.8 Å². The summed E-state index contributed by atoms with van der Waals surface area (Å²) in [5.74, 6) is 1.86. The van der Waals surface area contributed by atoms with E-state index < -0.39 is 0 Å². The Balaban J connectivity index is 1.42. The molecule has 2 aromatic heterocycles. The molecular weight excluding hydrogens is 386 g/mol. The molecule has 162 valence electrons. The first-order chi connectivity index (χ1) is 14.8. The van der Waals surface area contributed by atoms with Gasteiger partial charge in [0.05, 0.1) is 18.5 Å². The van der Waals surface area contributed by atoms with Crippen LogP contribution < -0.4 is 15.4 Å². The number of aromatic amines is 1. The van der Waals surface area contributed by atoms with Gasteiger partial charge in [0, 0.05) is 46.4 Å². The highest BCUT2D eigenvalue weighted by Crippen LogP contribution is 2.38. The second-order valence-electron chi connectivity index (χ2n) is 10.1. The smallest absolute Gasteiger partial charge is 0.127 e. The van der Waals surface area contributed by atoms with Crippen molar-refractivity contribution in [2.24, 2.45) is 0 Å². The van der Waals surface area contributed by atoms with Gasteiger partial charge in [0.15, 0.2) is 0 Å². The van der Waals surface area contributed by atoms with Crippen molar-refractivity contribution in [1.82, 2.24) is 20.5 Å². The summed E-state index contributed by atoms with van der Waals surface area (Å²) in [4.78, 5) is 5.01. The fourth-order valence-corrected chi connectivity index (χ4v) is 5.36. The summed E-state index contributed by atoms with van der Waals surface area (Å²) in [6, 6.07) is 11.0. The average Bonchev–Trinajstić information content (AvgIpc) is 3.14. The summed E-state index contributed by atoms with van der Waals surface area (Å²) in [5, 5.41) is 14.4. The Morgan fingerprint density at radius 3 is 2.52 bits per heavy atom. The Hall–Kier alpha value is -2.86. The third-order valence-corrected chi connectivity index (χ3v) is 6.22. The first-order valence-corrected chi connectivity index (χ1v) is 11.1. The van der Waals surface area contributed by atoms with Gasteiger partial charge >= 0.3 is 0 Å². The molecule has 0 unspecified atom stereocenters. The average molecular weight is 418 g/mol. The number of hydrogen-bond acceptors (Lipinski definition) is 5. The Labute approximate surface area is 183 Å². The van der Waals surface area contributed by atoms with Crippen LogP contribution in [0.15, 0.2) is 42.7 Å². The highest BCUT2D eigenvalue weighted by Gasteiger charge is 2.37. The van der Waals surface area contributed by atoms with E-state index >= 15 is 0 Å². The lowest BCUT2D eigenvalue weighted by atomic mass is 9.79. The molecule has 0 spiro atoms. The number of ether oxygens (including phenoxy) is 1. The number of fused-ring (bicyclic) bond motifs is 3. The van der Waals surface area contributed by atoms with E-state index in [1.807, 2.05) is 12.4 Å². The number of nitrogens with zero attached hydrogens (tertiary/aromatic N) is 2. The molecule has 0 bridgehead atoms. The SMILES string of the molecule is CC1(C)CC(Nc2ccc3c(n2)CCOc2cc(-c4cn[nH]c4)ccc2-3)CC(C)(C)N1. The van der Waals surface area contributed by atoms with Gasteiger partial charge in [-0.05, 0) is 70.4 Å². The van der Waals surface area contributed by atoms with E-state index in [-0.39, 0.29) is 11.1 Å². The molecule has 1 aromatic carbocycles. The topological polar surface area (TPSA) is 74.9 Å². The van der Waals surface area contributed by atoms with Crippen LogP contribution >= 0.6 is 0 Å². The summed E-state index contributed by atoms with van der Waals surface area (Å²) >= 11 is 0. The van der Waals surface area contributed by atoms with E-state index in [0.29, 0.717) is 12.6 Å². The molecule has 31 heavy (non-hydrogen) atoms. The normalized spacial score (nSPS) is 19.6. The summed E-state index contributed by atoms with van der Waals surface area (Å²) in [6.45, 7) is 9.73. The summed E-state index contributed by atoms with van der Waals surface area (Å²) < 4.78 is 6.11. The number of anilines is 1. The van der Waals surface area contributed by atoms with Crippen molar-refractivity contribution < 1.29 is 4.74 Å². The predicted molar refractivity (Wildman–Crippen MR) is 124 cm³/mol. The highest BCUT2D eigenvalue weighted by molar-refractivity contribution is 5.78. The summed E-state index contributed by atoms with van der Waals surface area (Å²) in [6.07, 6.45) is 6.66. The van der Waals surface area contributed by atoms with Gasteiger partial charge in [-0.25, -0.2) is 4.98 Å². The zero-order valence-electron chi connectivity index (χ0n) is 18.7. The van der Waals surface area contributed by atoms with Crippen molar-refractivity contribution in [3.63, 3.8) is 0 Å². The summed E-state index contributed by atoms with van der Waals surface area (Å²) in [5.41, 5.74) is 5.70. The van der Waals surface area contributed by atoms with E-state index in [9.17, 15) is 0 Å². The minimum Gasteiger partial charge on any atom is -0.493 e. The van der Waals surface area contributed by atoms with E-state index in [1.165, 1.54) is 0 Å². The number of rotatable bonds is 3. The maximum atomic E-state index is 6.11. The third-order valence-electron chi connectivity index (χ3n) is 6.22. The molecule has 2 aliphatic heterocycles. The fourth-order valence-electron chi connectivity index (χ4n) is 5.36. The zero-order valence-corrected chi connectivity index (χ0v) is 18.7. The number of pyridine rings is 1. The molecule has 0 saturated carbocycles. The molecule has 2 aliphatic rings. The molecule has 0 atom stereocenters. The number of aromatic nitrogens is 3. The van der Waals surface area contributed by atoms with Crippen LogP contribution in [0.4, 0.5) is 5.82 Å². The van der Waals surface area contributed by atoms with Crippen LogP contribution in [-0.4, -0.2) is 38.9 Å². The van der Waals surface area contributed by atoms with Gasteiger partial charge < -0.3 is 15.4 Å². The van der Waals surface area contributed by atoms with Crippen molar-refractivity contribution in [1.29, 1.82) is 0 Å². The molecule has 1 saturated heterocycles. The molecule has 0 amide bonds. The largest absolute Gasteiger partial charge is 0.493 e. The van der Waals surface area contributed by atoms with Gasteiger partial charge in [0.25, 0.3) is 0 Å². The van der Waals surface area contributed by atoms with Crippen LogP contribution in [-0.2, 0) is 6.42 Å². The monoisotopic (exact) mass is 417 g/mol. The molecule has 3 aromatic rings. The molecule has 3 N–H and O–H groups in total. The van der Waals surface area contributed by atoms with Crippen molar-refractivity contribution in [2.75, 3.05) is 11.9 Å². The number of H-pyrrole nitrogens is 1. The summed E-state index contributed by atoms with van der Waals surface area (Å²) in [7, 11) is 0. The van der Waals surface area contributed by atoms with E-state index in [4.69, 9.17) is 9.72 Å². The minimum absolute atomic E-state index is 0.102. The number of piperidine rings is 1. The van der Waals surface area contributed by atoms with E-state index in [1.54, 1.807) is 0 Å². The van der Waals surface area contributed by atoms with Gasteiger partial charge in [0.1, 0.15) is 11.6 Å². The Morgan fingerprint density at radius 2 is 1.77 bits per heavy atom. The van der Waals surface area contributed by atoms with Gasteiger partial charge in [-0.1, -0.05) is 6.07 Å². The molecule has 5 rings (SSSR count). The van der Waals surface area contributed by atoms with E-state index in [2.05, 4.69) is 78.9 Å². The van der Waals surface area contributed by atoms with Gasteiger partial charge in [-0.15, -0.1) is 0 Å². The molecular formula is C25H31N5O. The lowest BCUT2D eigenvalue weighted by Crippen LogP contribution is -2.60. The third kappa shape index (κ3) is 4.17. The zero-order chi connectivity index (χ0) is 21.6. The fraction of sp³-hybridized carbons (Fsp3) is 0.440. The van der Waals surface area contributed by atoms with Crippen LogP contribution in [0.25, 0.3) is 22.3 Å². The molecule has 0 aliphatic carbocycles. The molecule has 4 heterocycles. The van der Waals surface area contributed by atoms with Crippen molar-refractivity contribution in [3.05, 3.63) is 48.4 Å². The lowest BCUT2D eigenvalue weighted by molar-refractivity contribution is 0.170. The number of hydrogen-bond donors (Lipinski definition) is 3. The first-order valence-electron chi connectivity index (χ1n) is 11.1. The first kappa shape index (κ1) is 20.1. The molecule has 6 nitrogen and oxygen atoms in total. The number of benzene rings is 1. The Morgan fingerprint density at radius 1 is 1.00 bits per heavy atom. The minimum atomic E-state index is 0.102. The van der Waals surface area contributed by atoms with Crippen LogP contribution in [0.1, 0.15) is 46.2 Å². The van der Waals surface area contributed by atoms with Crippen LogP contribution in [0.2, 0.25) is 0 Å². The number of nitrogens with one attached hydrogen (secondary N) is 3. The van der Waals surface area contributed by atoms with Gasteiger partial charge in [-0.2, -0.15) is 5.10 Å². The molecule has 0 radical (unpaired) electrons. The highest BCUT2D eigenvalue weighted by atomic mass is 16.5. The predicted octanol–water partition coefficient (Wildman–Crippen LogP) is 4.79. The Bertz CT molecular complexity index is 1070. The molecule has 6 heteroatoms. The van der Waals surface area contributed by atoms with Crippen molar-refractivity contribution in [3.8, 4) is 28.0 Å². The second kappa shape index (κ2) is 7.38. The van der Waals surface area contributed by atoms with Crippen LogP contribution in [0.5, 0.6) is 5.75 Å². The second-order valence-corrected chi connectivity index (χ2v) is 10.1. The van der Waals surface area contributed by atoms with Gasteiger partial charge in [-0.3, -0.25) is 5.10 Å². The van der Waals surface area contributed by atoms with Crippen molar-refractivity contribution >= 4 is 5.82 Å². The van der Waals surface area contributed by atoms with Gasteiger partial charge in [0.2, 0.25) is 0 Å². The lowest BCUT2D eigenvalue weighted by Gasteiger charge is -2.46. The Kier molecular flexibility index (Phi) is 4.77. The molecule has 1 fully saturated rings.